The fraction of sp³-hybridized carbons (Fsp3) is 0.238. The molecule has 6 heteroatoms. The van der Waals surface area contributed by atoms with E-state index in [1.807, 2.05) is 42.5 Å². The van der Waals surface area contributed by atoms with Crippen LogP contribution < -0.4 is 0 Å². The zero-order chi connectivity index (χ0) is 19.1. The minimum Gasteiger partial charge on any atom is -0.467 e. The zero-order valence-corrected chi connectivity index (χ0v) is 15.8. The van der Waals surface area contributed by atoms with Gasteiger partial charge in [0.15, 0.2) is 0 Å². The van der Waals surface area contributed by atoms with Gasteiger partial charge < -0.3 is 14.6 Å². The van der Waals surface area contributed by atoms with Crippen molar-refractivity contribution in [1.29, 1.82) is 0 Å². The molecule has 0 unspecified atom stereocenters. The molecule has 0 saturated carbocycles. The normalized spacial score (nSPS) is 19.0. The second-order valence-corrected chi connectivity index (χ2v) is 7.06. The first-order valence-electron chi connectivity index (χ1n) is 8.73. The van der Waals surface area contributed by atoms with Crippen LogP contribution in [-0.2, 0) is 20.7 Å². The number of nitrogens with zero attached hydrogens (tertiary/aromatic N) is 1. The van der Waals surface area contributed by atoms with Crippen LogP contribution in [0.5, 0.6) is 0 Å². The van der Waals surface area contributed by atoms with Gasteiger partial charge in [0.2, 0.25) is 5.91 Å². The monoisotopic (exact) mass is 382 g/mol. The number of carbonyl (C=O) groups is 2. The molecule has 5 nitrogen and oxygen atoms in total. The maximum atomic E-state index is 12.6. The Kier molecular flexibility index (Phi) is 4.40. The van der Waals surface area contributed by atoms with E-state index in [0.717, 1.165) is 27.7 Å². The molecule has 2 heterocycles. The number of ether oxygens (including phenoxy) is 1. The minimum atomic E-state index is -0.708. The highest BCUT2D eigenvalue weighted by atomic mass is 35.5. The van der Waals surface area contributed by atoms with E-state index >= 15 is 0 Å². The molecule has 0 bridgehead atoms. The van der Waals surface area contributed by atoms with Crippen LogP contribution in [0.2, 0.25) is 5.02 Å². The number of H-pyrrole nitrogens is 1. The molecule has 27 heavy (non-hydrogen) atoms. The highest BCUT2D eigenvalue weighted by Gasteiger charge is 2.43. The number of hydrogen-bond donors (Lipinski definition) is 1. The van der Waals surface area contributed by atoms with Crippen LogP contribution >= 0.6 is 11.6 Å². The van der Waals surface area contributed by atoms with Gasteiger partial charge in [0.05, 0.1) is 13.2 Å². The molecule has 1 aliphatic heterocycles. The fourth-order valence-corrected chi connectivity index (χ4v) is 4.26. The van der Waals surface area contributed by atoms with Crippen molar-refractivity contribution in [1.82, 2.24) is 9.88 Å². The van der Waals surface area contributed by atoms with Crippen LogP contribution in [0.1, 0.15) is 29.8 Å². The Morgan fingerprint density at radius 1 is 1.15 bits per heavy atom. The van der Waals surface area contributed by atoms with Gasteiger partial charge in [-0.3, -0.25) is 4.79 Å². The topological polar surface area (TPSA) is 62.4 Å². The number of nitrogens with one attached hydrogen (secondary N) is 1. The van der Waals surface area contributed by atoms with Crippen LogP contribution in [0, 0.1) is 0 Å². The number of benzene rings is 2. The summed E-state index contributed by atoms with van der Waals surface area (Å²) in [6.45, 7) is 1.47. The Balaban J connectivity index is 2.01. The lowest BCUT2D eigenvalue weighted by Gasteiger charge is -2.40. The second kappa shape index (κ2) is 6.74. The summed E-state index contributed by atoms with van der Waals surface area (Å²) >= 11 is 6.49. The lowest BCUT2D eigenvalue weighted by molar-refractivity contribution is -0.154. The summed E-state index contributed by atoms with van der Waals surface area (Å²) in [6.07, 6.45) is 0.395. The first-order chi connectivity index (χ1) is 13.0. The SMILES string of the molecule is COC(=O)[C@@H]1Cc2c([nH]c3ccccc23)[C@H](c2ccccc2Cl)N1C(C)=O. The van der Waals surface area contributed by atoms with Gasteiger partial charge in [-0.2, -0.15) is 0 Å². The van der Waals surface area contributed by atoms with Gasteiger partial charge >= 0.3 is 5.97 Å². The van der Waals surface area contributed by atoms with Crippen molar-refractivity contribution in [2.24, 2.45) is 0 Å². The smallest absolute Gasteiger partial charge is 0.328 e. The third-order valence-electron chi connectivity index (χ3n) is 5.17. The number of esters is 1. The van der Waals surface area contributed by atoms with Gasteiger partial charge in [-0.1, -0.05) is 48.0 Å². The number of hydrogen-bond acceptors (Lipinski definition) is 3. The summed E-state index contributed by atoms with van der Waals surface area (Å²) in [5.74, 6) is -0.641. The summed E-state index contributed by atoms with van der Waals surface area (Å²) in [5.41, 5.74) is 3.65. The van der Waals surface area contributed by atoms with E-state index in [4.69, 9.17) is 16.3 Å². The number of halogens is 1. The summed E-state index contributed by atoms with van der Waals surface area (Å²) < 4.78 is 5.01. The molecule has 138 valence electrons. The summed E-state index contributed by atoms with van der Waals surface area (Å²) in [5, 5.41) is 1.59. The standard InChI is InChI=1S/C21H19ClN2O3/c1-12(25)24-18(21(26)27-2)11-15-13-7-4-6-10-17(13)23-19(15)20(24)14-8-3-5-9-16(14)22/h3-10,18,20,23H,11H2,1-2H3/t18-,20-/m0/s1. The van der Waals surface area contributed by atoms with Crippen LogP contribution in [0.3, 0.4) is 0 Å². The first-order valence-corrected chi connectivity index (χ1v) is 9.11. The summed E-state index contributed by atoms with van der Waals surface area (Å²) in [6, 6.07) is 14.1. The Bertz CT molecular complexity index is 1040. The Morgan fingerprint density at radius 3 is 2.56 bits per heavy atom. The van der Waals surface area contributed by atoms with E-state index in [0.29, 0.717) is 11.4 Å². The van der Waals surface area contributed by atoms with Crippen molar-refractivity contribution in [3.05, 3.63) is 70.4 Å². The number of rotatable bonds is 2. The zero-order valence-electron chi connectivity index (χ0n) is 15.0. The quantitative estimate of drug-likeness (QED) is 0.684. The molecule has 0 aliphatic carbocycles. The predicted octanol–water partition coefficient (Wildman–Crippen LogP) is 3.86. The van der Waals surface area contributed by atoms with E-state index in [2.05, 4.69) is 4.98 Å². The highest BCUT2D eigenvalue weighted by Crippen LogP contribution is 2.42. The van der Waals surface area contributed by atoms with Crippen LogP contribution in [0.25, 0.3) is 10.9 Å². The van der Waals surface area contributed by atoms with E-state index in [1.165, 1.54) is 14.0 Å². The Hall–Kier alpha value is -2.79. The maximum absolute atomic E-state index is 12.6. The maximum Gasteiger partial charge on any atom is 0.328 e. The number of fused-ring (bicyclic) bond motifs is 3. The van der Waals surface area contributed by atoms with Crippen LogP contribution in [0.4, 0.5) is 0 Å². The molecule has 1 aliphatic rings. The van der Waals surface area contributed by atoms with Crippen LogP contribution in [-0.4, -0.2) is 34.9 Å². The van der Waals surface area contributed by atoms with Crippen molar-refractivity contribution in [2.75, 3.05) is 7.11 Å². The minimum absolute atomic E-state index is 0.209. The average molecular weight is 383 g/mol. The predicted molar refractivity (Wildman–Crippen MR) is 104 cm³/mol. The van der Waals surface area contributed by atoms with Gasteiger partial charge in [0.25, 0.3) is 0 Å². The Morgan fingerprint density at radius 2 is 1.85 bits per heavy atom. The lowest BCUT2D eigenvalue weighted by Crippen LogP contribution is -2.51. The van der Waals surface area contributed by atoms with Crippen molar-refractivity contribution in [3.8, 4) is 0 Å². The van der Waals surface area contributed by atoms with E-state index in [1.54, 1.807) is 11.0 Å². The second-order valence-electron chi connectivity index (χ2n) is 6.66. The molecule has 4 rings (SSSR count). The summed E-state index contributed by atoms with van der Waals surface area (Å²) in [7, 11) is 1.34. The van der Waals surface area contributed by atoms with Gasteiger partial charge in [-0.25, -0.2) is 4.79 Å². The molecule has 1 aromatic heterocycles. The molecule has 0 saturated heterocycles. The molecule has 2 atom stereocenters. The van der Waals surface area contributed by atoms with Crippen LogP contribution in [0.15, 0.2) is 48.5 Å². The third kappa shape index (κ3) is 2.79. The fourth-order valence-electron chi connectivity index (χ4n) is 4.02. The molecule has 2 aromatic carbocycles. The van der Waals surface area contributed by atoms with Gasteiger partial charge in [-0.05, 0) is 23.3 Å². The summed E-state index contributed by atoms with van der Waals surface area (Å²) in [4.78, 5) is 30.2. The molecular formula is C21H19ClN2O3. The lowest BCUT2D eigenvalue weighted by atomic mass is 9.88. The molecule has 0 radical (unpaired) electrons. The molecule has 1 N–H and O–H groups in total. The van der Waals surface area contributed by atoms with Crippen molar-refractivity contribution >= 4 is 34.4 Å². The first kappa shape index (κ1) is 17.6. The van der Waals surface area contributed by atoms with E-state index in [9.17, 15) is 9.59 Å². The molecular weight excluding hydrogens is 364 g/mol. The molecule has 0 spiro atoms. The molecule has 3 aromatic rings. The number of amides is 1. The number of carbonyl (C=O) groups excluding carboxylic acids is 2. The third-order valence-corrected chi connectivity index (χ3v) is 5.51. The largest absolute Gasteiger partial charge is 0.467 e. The van der Waals surface area contributed by atoms with Gasteiger partial charge in [0.1, 0.15) is 6.04 Å². The van der Waals surface area contributed by atoms with E-state index < -0.39 is 18.1 Å². The molecule has 1 amide bonds. The number of methoxy groups -OCH3 is 1. The molecule has 0 fully saturated rings. The number of para-hydroxylation sites is 1. The Labute approximate surface area is 161 Å². The number of aromatic nitrogens is 1. The van der Waals surface area contributed by atoms with E-state index in [-0.39, 0.29) is 5.91 Å². The number of aromatic amines is 1. The van der Waals surface area contributed by atoms with Crippen molar-refractivity contribution < 1.29 is 14.3 Å². The van der Waals surface area contributed by atoms with Gasteiger partial charge in [0, 0.05) is 35.0 Å². The van der Waals surface area contributed by atoms with Crippen molar-refractivity contribution in [2.45, 2.75) is 25.4 Å². The van der Waals surface area contributed by atoms with Gasteiger partial charge in [-0.15, -0.1) is 0 Å². The average Bonchev–Trinajstić information content (AvgIpc) is 3.05. The van der Waals surface area contributed by atoms with Crippen molar-refractivity contribution in [3.63, 3.8) is 0 Å². The highest BCUT2D eigenvalue weighted by molar-refractivity contribution is 6.31.